The molecule has 7 nitrogen and oxygen atoms in total. The van der Waals surface area contributed by atoms with Crippen LogP contribution in [0.1, 0.15) is 19.8 Å². The van der Waals surface area contributed by atoms with Gasteiger partial charge >= 0.3 is 5.97 Å². The number of carboxylic acid groups (broad SMARTS) is 1. The zero-order valence-corrected chi connectivity index (χ0v) is 12.4. The molecule has 0 aliphatic rings. The summed E-state index contributed by atoms with van der Waals surface area (Å²) in [5, 5.41) is 11.2. The van der Waals surface area contributed by atoms with E-state index < -0.39 is 34.5 Å². The summed E-state index contributed by atoms with van der Waals surface area (Å²) >= 11 is 0. The molecule has 1 atom stereocenters. The molecule has 1 rings (SSSR count). The van der Waals surface area contributed by atoms with E-state index in [4.69, 9.17) is 5.11 Å². The Kier molecular flexibility index (Phi) is 6.32. The molecule has 0 unspecified atom stereocenters. The van der Waals surface area contributed by atoms with Crippen molar-refractivity contribution in [3.63, 3.8) is 0 Å². The second-order valence-corrected chi connectivity index (χ2v) is 6.15. The minimum absolute atomic E-state index is 0.0427. The van der Waals surface area contributed by atoms with E-state index in [1.54, 1.807) is 25.1 Å². The van der Waals surface area contributed by atoms with Crippen LogP contribution in [0.4, 0.5) is 0 Å². The van der Waals surface area contributed by atoms with Crippen molar-refractivity contribution in [3.8, 4) is 0 Å². The van der Waals surface area contributed by atoms with Crippen molar-refractivity contribution in [1.82, 2.24) is 10.0 Å². The molecule has 0 saturated carbocycles. The highest BCUT2D eigenvalue weighted by Crippen LogP contribution is 2.06. The summed E-state index contributed by atoms with van der Waals surface area (Å²) in [4.78, 5) is 22.5. The maximum atomic E-state index is 11.9. The van der Waals surface area contributed by atoms with Crippen LogP contribution >= 0.6 is 0 Å². The molecule has 0 bridgehead atoms. The quantitative estimate of drug-likeness (QED) is 0.640. The Hall–Kier alpha value is -1.93. The van der Waals surface area contributed by atoms with E-state index in [1.807, 2.05) is 0 Å². The fraction of sp³-hybridized carbons (Fsp3) is 0.385. The number of hydrogen-bond acceptors (Lipinski definition) is 4. The number of nitrogens with one attached hydrogen (secondary N) is 2. The van der Waals surface area contributed by atoms with Gasteiger partial charge in [0.25, 0.3) is 0 Å². The van der Waals surface area contributed by atoms with Crippen LogP contribution in [0, 0.1) is 0 Å². The van der Waals surface area contributed by atoms with E-state index in [2.05, 4.69) is 10.0 Å². The molecule has 3 N–H and O–H groups in total. The minimum Gasteiger partial charge on any atom is -0.480 e. The Labute approximate surface area is 123 Å². The summed E-state index contributed by atoms with van der Waals surface area (Å²) in [6.45, 7) is 1.28. The van der Waals surface area contributed by atoms with Crippen molar-refractivity contribution in [2.75, 3.05) is 6.54 Å². The first kappa shape index (κ1) is 17.1. The molecule has 1 aromatic rings. The number of carbonyl (C=O) groups excluding carboxylic acids is 1. The first-order chi connectivity index (χ1) is 9.86. The van der Waals surface area contributed by atoms with Crippen LogP contribution in [0.3, 0.4) is 0 Å². The van der Waals surface area contributed by atoms with Crippen LogP contribution in [0.5, 0.6) is 0 Å². The van der Waals surface area contributed by atoms with E-state index >= 15 is 0 Å². The molecule has 8 heteroatoms. The Morgan fingerprint density at radius 1 is 1.24 bits per heavy atom. The molecular weight excluding hydrogens is 296 g/mol. The van der Waals surface area contributed by atoms with Gasteiger partial charge in [-0.1, -0.05) is 31.5 Å². The maximum Gasteiger partial charge on any atom is 0.326 e. The van der Waals surface area contributed by atoms with E-state index in [0.717, 1.165) is 0 Å². The molecule has 1 amide bonds. The molecular formula is C13H18N2O5S. The van der Waals surface area contributed by atoms with Gasteiger partial charge in [0.2, 0.25) is 15.9 Å². The minimum atomic E-state index is -3.78. The number of carboxylic acids is 1. The average molecular weight is 314 g/mol. The van der Waals surface area contributed by atoms with Gasteiger partial charge in [-0.2, -0.15) is 0 Å². The topological polar surface area (TPSA) is 113 Å². The van der Waals surface area contributed by atoms with Gasteiger partial charge in [-0.3, -0.25) is 4.79 Å². The van der Waals surface area contributed by atoms with Crippen LogP contribution in [0.15, 0.2) is 35.2 Å². The van der Waals surface area contributed by atoms with Crippen LogP contribution in [-0.2, 0) is 19.6 Å². The third-order valence-electron chi connectivity index (χ3n) is 2.69. The van der Waals surface area contributed by atoms with E-state index in [0.29, 0.717) is 6.42 Å². The second kappa shape index (κ2) is 7.75. The zero-order chi connectivity index (χ0) is 15.9. The molecule has 0 aliphatic heterocycles. The standard InChI is InChI=1S/C13H18N2O5S/c1-2-6-11(13(17)18)15-12(16)9-14-21(19,20)10-7-4-3-5-8-10/h3-5,7-8,11,14H,2,6,9H2,1H3,(H,15,16)(H,17,18)/t11-/m1/s1. The summed E-state index contributed by atoms with van der Waals surface area (Å²) in [6, 6.07) is 6.60. The number of carbonyl (C=O) groups is 2. The third kappa shape index (κ3) is 5.52. The SMILES string of the molecule is CCC[C@@H](NC(=O)CNS(=O)(=O)c1ccccc1)C(=O)O. The van der Waals surface area contributed by atoms with Gasteiger partial charge < -0.3 is 10.4 Å². The predicted octanol–water partition coefficient (Wildman–Crippen LogP) is 0.334. The molecule has 0 spiro atoms. The number of benzene rings is 1. The second-order valence-electron chi connectivity index (χ2n) is 4.38. The first-order valence-corrected chi connectivity index (χ1v) is 7.92. The molecule has 0 heterocycles. The Morgan fingerprint density at radius 2 is 1.86 bits per heavy atom. The lowest BCUT2D eigenvalue weighted by molar-refractivity contribution is -0.141. The highest BCUT2D eigenvalue weighted by Gasteiger charge is 2.20. The fourth-order valence-corrected chi connectivity index (χ4v) is 2.64. The molecule has 0 radical (unpaired) electrons. The number of aliphatic carboxylic acids is 1. The van der Waals surface area contributed by atoms with Gasteiger partial charge in [-0.05, 0) is 18.6 Å². The molecule has 116 valence electrons. The summed E-state index contributed by atoms with van der Waals surface area (Å²) in [7, 11) is -3.78. The number of rotatable bonds is 8. The van der Waals surface area contributed by atoms with Crippen molar-refractivity contribution in [3.05, 3.63) is 30.3 Å². The molecule has 21 heavy (non-hydrogen) atoms. The normalized spacial score (nSPS) is 12.6. The van der Waals surface area contributed by atoms with Crippen molar-refractivity contribution in [2.45, 2.75) is 30.7 Å². The molecule has 0 aromatic heterocycles. The smallest absolute Gasteiger partial charge is 0.326 e. The lowest BCUT2D eigenvalue weighted by Crippen LogP contribution is -2.45. The van der Waals surface area contributed by atoms with Crippen LogP contribution < -0.4 is 10.0 Å². The van der Waals surface area contributed by atoms with E-state index in [-0.39, 0.29) is 11.3 Å². The molecule has 1 aromatic carbocycles. The van der Waals surface area contributed by atoms with Gasteiger partial charge in [0.05, 0.1) is 11.4 Å². The van der Waals surface area contributed by atoms with Crippen molar-refractivity contribution in [2.24, 2.45) is 0 Å². The largest absolute Gasteiger partial charge is 0.480 e. The van der Waals surface area contributed by atoms with Crippen LogP contribution in [-0.4, -0.2) is 38.0 Å². The molecule has 0 saturated heterocycles. The van der Waals surface area contributed by atoms with Crippen LogP contribution in [0.25, 0.3) is 0 Å². The van der Waals surface area contributed by atoms with Gasteiger partial charge in [0.1, 0.15) is 6.04 Å². The number of amides is 1. The summed E-state index contributed by atoms with van der Waals surface area (Å²) in [5.74, 6) is -1.83. The lowest BCUT2D eigenvalue weighted by atomic mass is 10.2. The van der Waals surface area contributed by atoms with Gasteiger partial charge in [0.15, 0.2) is 0 Å². The molecule has 0 aliphatic carbocycles. The maximum absolute atomic E-state index is 11.9. The molecule has 0 fully saturated rings. The highest BCUT2D eigenvalue weighted by molar-refractivity contribution is 7.89. The van der Waals surface area contributed by atoms with E-state index in [9.17, 15) is 18.0 Å². The zero-order valence-electron chi connectivity index (χ0n) is 11.6. The van der Waals surface area contributed by atoms with Gasteiger partial charge in [0, 0.05) is 0 Å². The van der Waals surface area contributed by atoms with Gasteiger partial charge in [-0.15, -0.1) is 0 Å². The average Bonchev–Trinajstić information content (AvgIpc) is 2.45. The highest BCUT2D eigenvalue weighted by atomic mass is 32.2. The number of sulfonamides is 1. The third-order valence-corrected chi connectivity index (χ3v) is 4.10. The summed E-state index contributed by atoms with van der Waals surface area (Å²) in [5.41, 5.74) is 0. The van der Waals surface area contributed by atoms with Crippen molar-refractivity contribution in [1.29, 1.82) is 0 Å². The van der Waals surface area contributed by atoms with Crippen LogP contribution in [0.2, 0.25) is 0 Å². The summed E-state index contributed by atoms with van der Waals surface area (Å²) < 4.78 is 25.9. The first-order valence-electron chi connectivity index (χ1n) is 6.43. The van der Waals surface area contributed by atoms with Crippen molar-refractivity contribution >= 4 is 21.9 Å². The summed E-state index contributed by atoms with van der Waals surface area (Å²) in [6.07, 6.45) is 0.875. The predicted molar refractivity (Wildman–Crippen MR) is 76.1 cm³/mol. The van der Waals surface area contributed by atoms with Crippen molar-refractivity contribution < 1.29 is 23.1 Å². The van der Waals surface area contributed by atoms with Gasteiger partial charge in [-0.25, -0.2) is 17.9 Å². The monoisotopic (exact) mass is 314 g/mol. The Morgan fingerprint density at radius 3 is 2.38 bits per heavy atom. The fourth-order valence-electron chi connectivity index (χ4n) is 1.63. The Bertz CT molecular complexity index is 586. The number of hydrogen-bond donors (Lipinski definition) is 3. The lowest BCUT2D eigenvalue weighted by Gasteiger charge is -2.13. The van der Waals surface area contributed by atoms with E-state index in [1.165, 1.54) is 12.1 Å². The Balaban J connectivity index is 2.58.